The molecule has 0 aliphatic rings. The number of hydrogen-bond donors (Lipinski definition) is 2. The number of aryl methyl sites for hydroxylation is 1. The number of H-pyrrole nitrogens is 1. The fraction of sp³-hybridized carbons (Fsp3) is 0.364. The van der Waals surface area contributed by atoms with Gasteiger partial charge in [-0.05, 0) is 13.8 Å². The van der Waals surface area contributed by atoms with Crippen LogP contribution in [0.25, 0.3) is 0 Å². The Hall–Kier alpha value is -2.51. The van der Waals surface area contributed by atoms with Crippen molar-refractivity contribution in [1.29, 1.82) is 0 Å². The van der Waals surface area contributed by atoms with Gasteiger partial charge in [0.15, 0.2) is 0 Å². The summed E-state index contributed by atoms with van der Waals surface area (Å²) in [6.45, 7) is 3.67. The summed E-state index contributed by atoms with van der Waals surface area (Å²) in [6.07, 6.45) is 1.43. The number of carbonyl (C=O) groups excluding carboxylic acids is 1. The number of carbonyl (C=O) groups is 1. The van der Waals surface area contributed by atoms with E-state index < -0.39 is 5.97 Å². The highest BCUT2D eigenvalue weighted by Gasteiger charge is 2.14. The molecule has 0 aliphatic heterocycles. The summed E-state index contributed by atoms with van der Waals surface area (Å²) >= 11 is 0. The Kier molecular flexibility index (Phi) is 3.69. The van der Waals surface area contributed by atoms with Crippen LogP contribution in [-0.2, 0) is 4.74 Å². The summed E-state index contributed by atoms with van der Waals surface area (Å²) < 4.78 is 4.60. The minimum absolute atomic E-state index is 0.0229. The monoisotopic (exact) mass is 262 g/mol. The second-order valence-electron chi connectivity index (χ2n) is 3.95. The van der Waals surface area contributed by atoms with Crippen LogP contribution < -0.4 is 5.32 Å². The van der Waals surface area contributed by atoms with Crippen molar-refractivity contribution in [3.8, 4) is 0 Å². The first-order valence-electron chi connectivity index (χ1n) is 5.66. The van der Waals surface area contributed by atoms with E-state index in [9.17, 15) is 4.79 Å². The van der Waals surface area contributed by atoms with Crippen LogP contribution in [0.4, 0.5) is 5.82 Å². The third-order valence-corrected chi connectivity index (χ3v) is 2.43. The quantitative estimate of drug-likeness (QED) is 0.787. The molecule has 8 nitrogen and oxygen atoms in total. The van der Waals surface area contributed by atoms with Crippen LogP contribution in [0.2, 0.25) is 0 Å². The molecule has 19 heavy (non-hydrogen) atoms. The van der Waals surface area contributed by atoms with Crippen LogP contribution in [0.1, 0.15) is 35.1 Å². The third kappa shape index (κ3) is 3.03. The van der Waals surface area contributed by atoms with Crippen molar-refractivity contribution < 1.29 is 9.53 Å². The Labute approximate surface area is 109 Å². The summed E-state index contributed by atoms with van der Waals surface area (Å²) in [6, 6.07) is 1.61. The van der Waals surface area contributed by atoms with Crippen molar-refractivity contribution in [3.63, 3.8) is 0 Å². The van der Waals surface area contributed by atoms with Gasteiger partial charge in [0.05, 0.1) is 13.2 Å². The molecule has 8 heteroatoms. The molecular weight excluding hydrogens is 248 g/mol. The minimum atomic E-state index is -0.570. The van der Waals surface area contributed by atoms with Crippen LogP contribution in [0, 0.1) is 6.92 Å². The van der Waals surface area contributed by atoms with Crippen LogP contribution in [-0.4, -0.2) is 38.2 Å². The van der Waals surface area contributed by atoms with Crippen LogP contribution in [0.3, 0.4) is 0 Å². The molecular formula is C11H14N6O2. The lowest BCUT2D eigenvalue weighted by molar-refractivity contribution is 0.0586. The predicted molar refractivity (Wildman–Crippen MR) is 66.5 cm³/mol. The number of rotatable bonds is 4. The molecule has 2 aromatic rings. The minimum Gasteiger partial charge on any atom is -0.463 e. The average molecular weight is 262 g/mol. The zero-order valence-corrected chi connectivity index (χ0v) is 10.8. The lowest BCUT2D eigenvalue weighted by atomic mass is 10.3. The molecule has 0 saturated carbocycles. The van der Waals surface area contributed by atoms with Crippen LogP contribution in [0.5, 0.6) is 0 Å². The smallest absolute Gasteiger partial charge is 0.376 e. The maximum atomic E-state index is 11.4. The highest BCUT2D eigenvalue weighted by atomic mass is 16.5. The average Bonchev–Trinajstić information content (AvgIpc) is 2.91. The van der Waals surface area contributed by atoms with Gasteiger partial charge in [0.25, 0.3) is 0 Å². The van der Waals surface area contributed by atoms with Crippen molar-refractivity contribution in [2.24, 2.45) is 0 Å². The van der Waals surface area contributed by atoms with E-state index in [1.54, 1.807) is 13.0 Å². The van der Waals surface area contributed by atoms with Crippen molar-refractivity contribution in [3.05, 3.63) is 29.7 Å². The second kappa shape index (κ2) is 5.42. The zero-order valence-electron chi connectivity index (χ0n) is 10.8. The molecule has 0 fully saturated rings. The molecule has 0 spiro atoms. The van der Waals surface area contributed by atoms with Gasteiger partial charge in [-0.15, -0.1) is 0 Å². The normalized spacial score (nSPS) is 11.9. The van der Waals surface area contributed by atoms with Gasteiger partial charge in [-0.2, -0.15) is 5.10 Å². The van der Waals surface area contributed by atoms with Crippen molar-refractivity contribution in [2.75, 3.05) is 12.4 Å². The van der Waals surface area contributed by atoms with Gasteiger partial charge in [0.2, 0.25) is 5.82 Å². The van der Waals surface area contributed by atoms with Crippen molar-refractivity contribution >= 4 is 11.8 Å². The summed E-state index contributed by atoms with van der Waals surface area (Å²) in [4.78, 5) is 23.6. The molecule has 0 amide bonds. The van der Waals surface area contributed by atoms with Gasteiger partial charge in [-0.25, -0.2) is 19.7 Å². The number of nitrogens with zero attached hydrogens (tertiary/aromatic N) is 4. The number of ether oxygens (including phenoxy) is 1. The summed E-state index contributed by atoms with van der Waals surface area (Å²) in [5.41, 5.74) is 0.669. The first-order chi connectivity index (χ1) is 9.10. The van der Waals surface area contributed by atoms with E-state index in [1.165, 1.54) is 13.4 Å². The van der Waals surface area contributed by atoms with Crippen LogP contribution in [0.15, 0.2) is 12.4 Å². The van der Waals surface area contributed by atoms with E-state index in [1.807, 2.05) is 6.92 Å². The highest BCUT2D eigenvalue weighted by molar-refractivity contribution is 5.85. The molecule has 100 valence electrons. The summed E-state index contributed by atoms with van der Waals surface area (Å²) in [7, 11) is 1.29. The SMILES string of the molecule is COC(=O)c1nc(C)cc(NC(C)c2ncn[nH]2)n1. The maximum absolute atomic E-state index is 11.4. The zero-order chi connectivity index (χ0) is 13.8. The predicted octanol–water partition coefficient (Wildman–Crippen LogP) is 0.863. The van der Waals surface area contributed by atoms with Gasteiger partial charge in [-0.3, -0.25) is 5.10 Å². The Morgan fingerprint density at radius 1 is 1.47 bits per heavy atom. The lowest BCUT2D eigenvalue weighted by Gasteiger charge is -2.12. The molecule has 2 rings (SSSR count). The molecule has 1 unspecified atom stereocenters. The number of nitrogens with one attached hydrogen (secondary N) is 2. The molecule has 1 atom stereocenters. The molecule has 0 saturated heterocycles. The Balaban J connectivity index is 2.20. The van der Waals surface area contributed by atoms with E-state index in [0.717, 1.165) is 0 Å². The van der Waals surface area contributed by atoms with Crippen LogP contribution >= 0.6 is 0 Å². The number of anilines is 1. The molecule has 0 aliphatic carbocycles. The Bertz CT molecular complexity index is 569. The van der Waals surface area contributed by atoms with E-state index >= 15 is 0 Å². The molecule has 2 heterocycles. The number of aromatic amines is 1. The highest BCUT2D eigenvalue weighted by Crippen LogP contribution is 2.14. The molecule has 0 bridgehead atoms. The number of hydrogen-bond acceptors (Lipinski definition) is 7. The number of methoxy groups -OCH3 is 1. The molecule has 0 aromatic carbocycles. The Morgan fingerprint density at radius 2 is 2.26 bits per heavy atom. The van der Waals surface area contributed by atoms with Crippen molar-refractivity contribution in [2.45, 2.75) is 19.9 Å². The largest absolute Gasteiger partial charge is 0.463 e. The van der Waals surface area contributed by atoms with E-state index in [2.05, 4.69) is 35.2 Å². The number of aromatic nitrogens is 5. The molecule has 2 N–H and O–H groups in total. The van der Waals surface area contributed by atoms with Crippen molar-refractivity contribution in [1.82, 2.24) is 25.1 Å². The van der Waals surface area contributed by atoms with Gasteiger partial charge in [-0.1, -0.05) is 0 Å². The fourth-order valence-electron chi connectivity index (χ4n) is 1.54. The maximum Gasteiger partial charge on any atom is 0.376 e. The van der Waals surface area contributed by atoms with E-state index in [4.69, 9.17) is 0 Å². The van der Waals surface area contributed by atoms with Gasteiger partial charge >= 0.3 is 5.97 Å². The standard InChI is InChI=1S/C11H14N6O2/c1-6-4-8(16-10(14-6)11(18)19-3)15-7(2)9-12-5-13-17-9/h4-5,7H,1-3H3,(H,12,13,17)(H,14,15,16). The summed E-state index contributed by atoms with van der Waals surface area (Å²) in [5.74, 6) is 0.654. The first kappa shape index (κ1) is 12.9. The molecule has 2 aromatic heterocycles. The lowest BCUT2D eigenvalue weighted by Crippen LogP contribution is -2.14. The summed E-state index contributed by atoms with van der Waals surface area (Å²) in [5, 5.41) is 9.65. The Morgan fingerprint density at radius 3 is 2.89 bits per heavy atom. The van der Waals surface area contributed by atoms with E-state index in [-0.39, 0.29) is 11.9 Å². The first-order valence-corrected chi connectivity index (χ1v) is 5.66. The third-order valence-electron chi connectivity index (χ3n) is 2.43. The van der Waals surface area contributed by atoms with Gasteiger partial charge in [0.1, 0.15) is 18.0 Å². The fourth-order valence-corrected chi connectivity index (χ4v) is 1.54. The van der Waals surface area contributed by atoms with Gasteiger partial charge in [0, 0.05) is 11.8 Å². The number of esters is 1. The second-order valence-corrected chi connectivity index (χ2v) is 3.95. The molecule has 0 radical (unpaired) electrons. The topological polar surface area (TPSA) is 106 Å². The van der Waals surface area contributed by atoms with Gasteiger partial charge < -0.3 is 10.1 Å². The van der Waals surface area contributed by atoms with E-state index in [0.29, 0.717) is 17.3 Å².